The maximum atomic E-state index is 6.02. The van der Waals surface area contributed by atoms with Crippen LogP contribution in [-0.2, 0) is 6.42 Å². The lowest BCUT2D eigenvalue weighted by Crippen LogP contribution is -2.20. The summed E-state index contributed by atoms with van der Waals surface area (Å²) < 4.78 is 11.3. The van der Waals surface area contributed by atoms with Crippen molar-refractivity contribution in [2.75, 3.05) is 7.11 Å². The Kier molecular flexibility index (Phi) is 5.42. The fraction of sp³-hybridized carbons (Fsp3) is 0.300. The molecule has 0 saturated heterocycles. The number of benzene rings is 2. The molecule has 0 radical (unpaired) electrons. The summed E-state index contributed by atoms with van der Waals surface area (Å²) in [6.45, 7) is 4.00. The second-order valence-corrected chi connectivity index (χ2v) is 6.89. The third-order valence-electron chi connectivity index (χ3n) is 4.36. The molecule has 5 nitrogen and oxygen atoms in total. The molecule has 0 aliphatic heterocycles. The summed E-state index contributed by atoms with van der Waals surface area (Å²) >= 11 is 5.03. The van der Waals surface area contributed by atoms with Crippen LogP contribution < -0.4 is 15.2 Å². The van der Waals surface area contributed by atoms with Crippen molar-refractivity contribution >= 4 is 28.2 Å². The second-order valence-electron chi connectivity index (χ2n) is 6.42. The van der Waals surface area contributed by atoms with Crippen molar-refractivity contribution in [2.24, 2.45) is 11.7 Å². The average Bonchev–Trinajstić information content (AvgIpc) is 3.06. The maximum Gasteiger partial charge on any atom is 0.153 e. The highest BCUT2D eigenvalue weighted by Gasteiger charge is 2.13. The molecular formula is C20H23N3O2S. The SMILES string of the molecule is COc1ccc2nc(C(C)Oc3ccc(CC(C)C(N)=S)cc3)[nH]c2c1. The Morgan fingerprint density at radius 2 is 1.85 bits per heavy atom. The summed E-state index contributed by atoms with van der Waals surface area (Å²) in [5.74, 6) is 2.55. The van der Waals surface area contributed by atoms with Crippen LogP contribution >= 0.6 is 12.2 Å². The van der Waals surface area contributed by atoms with E-state index in [0.29, 0.717) is 4.99 Å². The van der Waals surface area contributed by atoms with E-state index in [1.807, 2.05) is 56.3 Å². The molecule has 0 fully saturated rings. The maximum absolute atomic E-state index is 6.02. The average molecular weight is 369 g/mol. The van der Waals surface area contributed by atoms with Crippen LogP contribution in [0.15, 0.2) is 42.5 Å². The van der Waals surface area contributed by atoms with Crippen LogP contribution in [0.25, 0.3) is 11.0 Å². The topological polar surface area (TPSA) is 73.2 Å². The van der Waals surface area contributed by atoms with Gasteiger partial charge in [0.2, 0.25) is 0 Å². The van der Waals surface area contributed by atoms with E-state index in [-0.39, 0.29) is 12.0 Å². The highest BCUT2D eigenvalue weighted by molar-refractivity contribution is 7.80. The van der Waals surface area contributed by atoms with Gasteiger partial charge in [-0.1, -0.05) is 31.3 Å². The fourth-order valence-corrected chi connectivity index (χ4v) is 2.83. The fourth-order valence-electron chi connectivity index (χ4n) is 2.75. The lowest BCUT2D eigenvalue weighted by molar-refractivity contribution is 0.218. The van der Waals surface area contributed by atoms with Crippen LogP contribution in [0.3, 0.4) is 0 Å². The summed E-state index contributed by atoms with van der Waals surface area (Å²) in [4.78, 5) is 8.43. The molecule has 2 atom stereocenters. The Bertz CT molecular complexity index is 905. The monoisotopic (exact) mass is 369 g/mol. The molecule has 2 aromatic carbocycles. The summed E-state index contributed by atoms with van der Waals surface area (Å²) in [5.41, 5.74) is 8.68. The van der Waals surface area contributed by atoms with Gasteiger partial charge in [-0.3, -0.25) is 0 Å². The molecule has 3 rings (SSSR count). The molecule has 3 aromatic rings. The van der Waals surface area contributed by atoms with Crippen molar-refractivity contribution < 1.29 is 9.47 Å². The lowest BCUT2D eigenvalue weighted by atomic mass is 10.0. The molecule has 3 N–H and O–H groups in total. The smallest absolute Gasteiger partial charge is 0.153 e. The molecule has 1 aromatic heterocycles. The van der Waals surface area contributed by atoms with Gasteiger partial charge in [-0.05, 0) is 43.2 Å². The summed E-state index contributed by atoms with van der Waals surface area (Å²) in [7, 11) is 1.65. The van der Waals surface area contributed by atoms with Gasteiger partial charge in [-0.2, -0.15) is 0 Å². The molecule has 2 unspecified atom stereocenters. The lowest BCUT2D eigenvalue weighted by Gasteiger charge is -2.14. The van der Waals surface area contributed by atoms with Crippen LogP contribution in [0.5, 0.6) is 11.5 Å². The molecule has 1 heterocycles. The predicted octanol–water partition coefficient (Wildman–Crippen LogP) is 4.18. The number of imidazole rings is 1. The van der Waals surface area contributed by atoms with E-state index in [2.05, 4.69) is 9.97 Å². The molecule has 136 valence electrons. The number of hydrogen-bond acceptors (Lipinski definition) is 4. The van der Waals surface area contributed by atoms with Gasteiger partial charge in [-0.25, -0.2) is 4.98 Å². The van der Waals surface area contributed by atoms with Gasteiger partial charge in [0.05, 0.1) is 23.1 Å². The first-order valence-corrected chi connectivity index (χ1v) is 8.95. The predicted molar refractivity (Wildman–Crippen MR) is 108 cm³/mol. The van der Waals surface area contributed by atoms with Crippen molar-refractivity contribution in [3.63, 3.8) is 0 Å². The molecule has 0 bridgehead atoms. The zero-order chi connectivity index (χ0) is 18.7. The number of aromatic nitrogens is 2. The number of fused-ring (bicyclic) bond motifs is 1. The molecule has 6 heteroatoms. The number of ether oxygens (including phenoxy) is 2. The zero-order valence-corrected chi connectivity index (χ0v) is 16.0. The second kappa shape index (κ2) is 7.74. The molecule has 26 heavy (non-hydrogen) atoms. The Balaban J connectivity index is 1.69. The van der Waals surface area contributed by atoms with Gasteiger partial charge in [0.15, 0.2) is 6.10 Å². The standard InChI is InChI=1S/C20H23N3O2S/c1-12(19(21)26)10-14-4-6-15(7-5-14)25-13(2)20-22-17-9-8-16(24-3)11-18(17)23-20/h4-9,11-13H,10H2,1-3H3,(H2,21,26)(H,22,23). The summed E-state index contributed by atoms with van der Waals surface area (Å²) in [5, 5.41) is 0. The van der Waals surface area contributed by atoms with E-state index in [1.54, 1.807) is 7.11 Å². The summed E-state index contributed by atoms with van der Waals surface area (Å²) in [6.07, 6.45) is 0.631. The van der Waals surface area contributed by atoms with E-state index >= 15 is 0 Å². The van der Waals surface area contributed by atoms with E-state index in [1.165, 1.54) is 5.56 Å². The Hall–Kier alpha value is -2.60. The number of methoxy groups -OCH3 is 1. The Morgan fingerprint density at radius 1 is 1.15 bits per heavy atom. The Morgan fingerprint density at radius 3 is 2.50 bits per heavy atom. The van der Waals surface area contributed by atoms with Gasteiger partial charge in [0.25, 0.3) is 0 Å². The molecule has 0 aliphatic rings. The third kappa shape index (κ3) is 4.14. The largest absolute Gasteiger partial charge is 0.497 e. The van der Waals surface area contributed by atoms with Crippen molar-refractivity contribution in [2.45, 2.75) is 26.4 Å². The highest BCUT2D eigenvalue weighted by Crippen LogP contribution is 2.25. The molecule has 0 amide bonds. The molecular weight excluding hydrogens is 346 g/mol. The normalized spacial score (nSPS) is 13.3. The van der Waals surface area contributed by atoms with Gasteiger partial charge >= 0.3 is 0 Å². The molecule has 0 spiro atoms. The van der Waals surface area contributed by atoms with E-state index in [0.717, 1.165) is 34.8 Å². The van der Waals surface area contributed by atoms with Gasteiger partial charge < -0.3 is 20.2 Å². The number of nitrogens with two attached hydrogens (primary N) is 1. The van der Waals surface area contributed by atoms with Crippen molar-refractivity contribution in [3.05, 3.63) is 53.9 Å². The van der Waals surface area contributed by atoms with Gasteiger partial charge in [0, 0.05) is 12.0 Å². The van der Waals surface area contributed by atoms with E-state index < -0.39 is 0 Å². The number of nitrogens with one attached hydrogen (secondary N) is 1. The van der Waals surface area contributed by atoms with Crippen LogP contribution in [-0.4, -0.2) is 22.1 Å². The molecule has 0 saturated carbocycles. The highest BCUT2D eigenvalue weighted by atomic mass is 32.1. The summed E-state index contributed by atoms with van der Waals surface area (Å²) in [6, 6.07) is 13.8. The Labute approximate surface area is 158 Å². The van der Waals surface area contributed by atoms with E-state index in [9.17, 15) is 0 Å². The number of rotatable bonds is 7. The number of nitrogens with zero attached hydrogens (tertiary/aromatic N) is 1. The number of thiocarbonyl (C=S) groups is 1. The minimum atomic E-state index is -0.199. The number of aromatic amines is 1. The van der Waals surface area contributed by atoms with Crippen molar-refractivity contribution in [1.82, 2.24) is 9.97 Å². The zero-order valence-electron chi connectivity index (χ0n) is 15.2. The number of hydrogen-bond donors (Lipinski definition) is 2. The van der Waals surface area contributed by atoms with E-state index in [4.69, 9.17) is 27.4 Å². The minimum Gasteiger partial charge on any atom is -0.497 e. The first kappa shape index (κ1) is 18.2. The first-order chi connectivity index (χ1) is 12.5. The van der Waals surface area contributed by atoms with Crippen LogP contribution in [0.2, 0.25) is 0 Å². The van der Waals surface area contributed by atoms with Crippen LogP contribution in [0.4, 0.5) is 0 Å². The van der Waals surface area contributed by atoms with Crippen molar-refractivity contribution in [3.8, 4) is 11.5 Å². The third-order valence-corrected chi connectivity index (χ3v) is 4.76. The van der Waals surface area contributed by atoms with Gasteiger partial charge in [0.1, 0.15) is 17.3 Å². The van der Waals surface area contributed by atoms with Crippen molar-refractivity contribution in [1.29, 1.82) is 0 Å². The quantitative estimate of drug-likeness (QED) is 0.611. The van der Waals surface area contributed by atoms with Crippen LogP contribution in [0.1, 0.15) is 31.3 Å². The van der Waals surface area contributed by atoms with Gasteiger partial charge in [-0.15, -0.1) is 0 Å². The van der Waals surface area contributed by atoms with Crippen LogP contribution in [0, 0.1) is 5.92 Å². The number of H-pyrrole nitrogens is 1. The minimum absolute atomic E-state index is 0.184. The molecule has 0 aliphatic carbocycles. The first-order valence-electron chi connectivity index (χ1n) is 8.55.